The first-order valence-corrected chi connectivity index (χ1v) is 7.35. The van der Waals surface area contributed by atoms with Gasteiger partial charge in [-0.05, 0) is 12.1 Å². The van der Waals surface area contributed by atoms with Gasteiger partial charge in [0.25, 0.3) is 0 Å². The second-order valence-corrected chi connectivity index (χ2v) is 5.29. The number of hydrogen-bond donors (Lipinski definition) is 1. The Morgan fingerprint density at radius 3 is 2.77 bits per heavy atom. The summed E-state index contributed by atoms with van der Waals surface area (Å²) in [5, 5.41) is 10.2. The van der Waals surface area contributed by atoms with E-state index in [0.717, 1.165) is 5.75 Å². The largest absolute Gasteiger partial charge is 0.493 e. The molecular formula is C16H23NO5. The quantitative estimate of drug-likeness (QED) is 0.837. The molecule has 1 saturated heterocycles. The van der Waals surface area contributed by atoms with Gasteiger partial charge in [-0.2, -0.15) is 0 Å². The number of aliphatic hydroxyl groups excluding tert-OH is 1. The fourth-order valence-corrected chi connectivity index (χ4v) is 2.43. The monoisotopic (exact) mass is 309 g/mol. The highest BCUT2D eigenvalue weighted by Crippen LogP contribution is 2.17. The molecular weight excluding hydrogens is 286 g/mol. The van der Waals surface area contributed by atoms with E-state index in [0.29, 0.717) is 19.8 Å². The number of rotatable bonds is 6. The summed E-state index contributed by atoms with van der Waals surface area (Å²) < 4.78 is 16.1. The van der Waals surface area contributed by atoms with Gasteiger partial charge >= 0.3 is 0 Å². The van der Waals surface area contributed by atoms with Crippen LogP contribution in [0.4, 0.5) is 0 Å². The third kappa shape index (κ3) is 4.19. The van der Waals surface area contributed by atoms with Gasteiger partial charge in [-0.1, -0.05) is 18.2 Å². The van der Waals surface area contributed by atoms with Crippen molar-refractivity contribution in [2.75, 3.05) is 34.0 Å². The minimum Gasteiger partial charge on any atom is -0.493 e. The molecule has 1 aliphatic heterocycles. The molecule has 0 aliphatic carbocycles. The van der Waals surface area contributed by atoms with Crippen molar-refractivity contribution < 1.29 is 24.1 Å². The van der Waals surface area contributed by atoms with Crippen molar-refractivity contribution in [3.8, 4) is 5.75 Å². The molecule has 0 radical (unpaired) electrons. The summed E-state index contributed by atoms with van der Waals surface area (Å²) in [6.45, 7) is 0.945. The van der Waals surface area contributed by atoms with Crippen molar-refractivity contribution in [3.63, 3.8) is 0 Å². The number of amides is 1. The van der Waals surface area contributed by atoms with Crippen molar-refractivity contribution in [2.45, 2.75) is 24.7 Å². The van der Waals surface area contributed by atoms with Gasteiger partial charge in [-0.15, -0.1) is 0 Å². The molecule has 2 rings (SSSR count). The maximum atomic E-state index is 12.2. The van der Waals surface area contributed by atoms with E-state index < -0.39 is 18.2 Å². The molecule has 1 fully saturated rings. The van der Waals surface area contributed by atoms with E-state index in [1.165, 1.54) is 12.0 Å². The Hall–Kier alpha value is -1.63. The number of benzene rings is 1. The maximum Gasteiger partial charge on any atom is 0.226 e. The van der Waals surface area contributed by atoms with E-state index in [9.17, 15) is 9.90 Å². The lowest BCUT2D eigenvalue weighted by Crippen LogP contribution is -2.56. The summed E-state index contributed by atoms with van der Waals surface area (Å²) in [6.07, 6.45) is -0.913. The zero-order valence-corrected chi connectivity index (χ0v) is 13.0. The number of methoxy groups -OCH3 is 1. The van der Waals surface area contributed by atoms with Gasteiger partial charge < -0.3 is 24.2 Å². The second-order valence-electron chi connectivity index (χ2n) is 5.29. The van der Waals surface area contributed by atoms with E-state index in [1.807, 2.05) is 30.3 Å². The lowest BCUT2D eigenvalue weighted by Gasteiger charge is -2.38. The average molecular weight is 309 g/mol. The van der Waals surface area contributed by atoms with Gasteiger partial charge in [0.1, 0.15) is 18.0 Å². The number of aliphatic hydroxyl groups is 1. The summed E-state index contributed by atoms with van der Waals surface area (Å²) in [5.74, 6) is 0.638. The second kappa shape index (κ2) is 8.12. The first kappa shape index (κ1) is 16.7. The molecule has 6 heteroatoms. The predicted octanol–water partition coefficient (Wildman–Crippen LogP) is 0.689. The molecule has 1 heterocycles. The Balaban J connectivity index is 1.81. The van der Waals surface area contributed by atoms with E-state index in [2.05, 4.69) is 0 Å². The molecule has 0 aromatic heterocycles. The molecule has 1 aliphatic rings. The van der Waals surface area contributed by atoms with E-state index >= 15 is 0 Å². The third-order valence-corrected chi connectivity index (χ3v) is 3.87. The summed E-state index contributed by atoms with van der Waals surface area (Å²) in [7, 11) is 3.19. The zero-order chi connectivity index (χ0) is 15.9. The SMILES string of the molecule is CO[C@@H]1COC[C@@H](N(C)C(=O)CCOc2ccccc2)[C@@H]1O. The number of para-hydroxylation sites is 1. The average Bonchev–Trinajstić information content (AvgIpc) is 2.55. The molecule has 1 aromatic carbocycles. The molecule has 3 atom stereocenters. The summed E-state index contributed by atoms with van der Waals surface area (Å²) in [4.78, 5) is 13.7. The van der Waals surface area contributed by atoms with Crippen LogP contribution in [0.3, 0.4) is 0 Å². The van der Waals surface area contributed by atoms with Crippen molar-refractivity contribution >= 4 is 5.91 Å². The molecule has 0 unspecified atom stereocenters. The highest BCUT2D eigenvalue weighted by atomic mass is 16.5. The molecule has 122 valence electrons. The van der Waals surface area contributed by atoms with Gasteiger partial charge in [-0.25, -0.2) is 0 Å². The third-order valence-electron chi connectivity index (χ3n) is 3.87. The minimum absolute atomic E-state index is 0.0969. The Bertz CT molecular complexity index is 467. The molecule has 1 N–H and O–H groups in total. The van der Waals surface area contributed by atoms with Crippen molar-refractivity contribution in [1.82, 2.24) is 4.90 Å². The topological polar surface area (TPSA) is 68.2 Å². The van der Waals surface area contributed by atoms with Crippen LogP contribution in [0.15, 0.2) is 30.3 Å². The van der Waals surface area contributed by atoms with Crippen LogP contribution < -0.4 is 4.74 Å². The number of hydrogen-bond acceptors (Lipinski definition) is 5. The van der Waals surface area contributed by atoms with Gasteiger partial charge in [0.2, 0.25) is 5.91 Å². The van der Waals surface area contributed by atoms with Crippen LogP contribution in [0.2, 0.25) is 0 Å². The van der Waals surface area contributed by atoms with Crippen LogP contribution in [0.5, 0.6) is 5.75 Å². The van der Waals surface area contributed by atoms with E-state index in [1.54, 1.807) is 7.05 Å². The van der Waals surface area contributed by atoms with Gasteiger partial charge in [0.15, 0.2) is 0 Å². The normalized spacial score (nSPS) is 24.8. The van der Waals surface area contributed by atoms with Gasteiger partial charge in [0, 0.05) is 14.2 Å². The smallest absolute Gasteiger partial charge is 0.226 e. The lowest BCUT2D eigenvalue weighted by atomic mass is 10.0. The highest BCUT2D eigenvalue weighted by molar-refractivity contribution is 5.76. The molecule has 1 aromatic rings. The fraction of sp³-hybridized carbons (Fsp3) is 0.562. The van der Waals surface area contributed by atoms with Crippen molar-refractivity contribution in [1.29, 1.82) is 0 Å². The van der Waals surface area contributed by atoms with Crippen LogP contribution in [0.1, 0.15) is 6.42 Å². The predicted molar refractivity (Wildman–Crippen MR) is 80.7 cm³/mol. The number of nitrogens with zero attached hydrogens (tertiary/aromatic N) is 1. The van der Waals surface area contributed by atoms with Crippen molar-refractivity contribution in [3.05, 3.63) is 30.3 Å². The van der Waals surface area contributed by atoms with Crippen molar-refractivity contribution in [2.24, 2.45) is 0 Å². The first-order valence-electron chi connectivity index (χ1n) is 7.35. The minimum atomic E-state index is -0.747. The van der Waals surface area contributed by atoms with E-state index in [-0.39, 0.29) is 12.3 Å². The summed E-state index contributed by atoms with van der Waals surface area (Å²) >= 11 is 0. The first-order chi connectivity index (χ1) is 10.6. The molecule has 1 amide bonds. The molecule has 0 bridgehead atoms. The summed E-state index contributed by atoms with van der Waals surface area (Å²) in [6, 6.07) is 8.95. The zero-order valence-electron chi connectivity index (χ0n) is 13.0. The molecule has 6 nitrogen and oxygen atoms in total. The molecule has 22 heavy (non-hydrogen) atoms. The van der Waals surface area contributed by atoms with Crippen LogP contribution >= 0.6 is 0 Å². The van der Waals surface area contributed by atoms with Crippen LogP contribution in [-0.2, 0) is 14.3 Å². The number of likely N-dealkylation sites (N-methyl/N-ethyl adjacent to an activating group) is 1. The Morgan fingerprint density at radius 1 is 1.36 bits per heavy atom. The Kier molecular flexibility index (Phi) is 6.18. The fourth-order valence-electron chi connectivity index (χ4n) is 2.43. The lowest BCUT2D eigenvalue weighted by molar-refractivity contribution is -0.158. The van der Waals surface area contributed by atoms with Crippen LogP contribution in [-0.4, -0.2) is 68.1 Å². The molecule has 0 saturated carbocycles. The van der Waals surface area contributed by atoms with E-state index in [4.69, 9.17) is 14.2 Å². The Morgan fingerprint density at radius 2 is 2.09 bits per heavy atom. The molecule has 0 spiro atoms. The number of carbonyl (C=O) groups excluding carboxylic acids is 1. The van der Waals surface area contributed by atoms with Crippen LogP contribution in [0, 0.1) is 0 Å². The maximum absolute atomic E-state index is 12.2. The van der Waals surface area contributed by atoms with Gasteiger partial charge in [0.05, 0.1) is 32.3 Å². The van der Waals surface area contributed by atoms with Gasteiger partial charge in [-0.3, -0.25) is 4.79 Å². The standard InChI is InChI=1S/C16H23NO5/c1-17(13-10-21-11-14(20-2)16(13)19)15(18)8-9-22-12-6-4-3-5-7-12/h3-7,13-14,16,19H,8-11H2,1-2H3/t13-,14-,16+/m1/s1. The Labute approximate surface area is 130 Å². The highest BCUT2D eigenvalue weighted by Gasteiger charge is 2.36. The summed E-state index contributed by atoms with van der Waals surface area (Å²) in [5.41, 5.74) is 0. The number of ether oxygens (including phenoxy) is 3. The number of carbonyl (C=O) groups is 1. The van der Waals surface area contributed by atoms with Crippen LogP contribution in [0.25, 0.3) is 0 Å².